The number of H-pyrrole nitrogens is 1. The highest BCUT2D eigenvalue weighted by Crippen LogP contribution is 2.30. The molecule has 6 heteroatoms. The van der Waals surface area contributed by atoms with Gasteiger partial charge in [-0.05, 0) is 57.5 Å². The molecule has 1 N–H and O–H groups in total. The molecule has 0 bridgehead atoms. The molecule has 1 aliphatic heterocycles. The zero-order chi connectivity index (χ0) is 21.4. The molecule has 4 aromatic rings. The van der Waals surface area contributed by atoms with Gasteiger partial charge in [-0.15, -0.1) is 0 Å². The maximum Gasteiger partial charge on any atom is 0.161 e. The summed E-state index contributed by atoms with van der Waals surface area (Å²) in [6, 6.07) is 10.5. The first-order valence-electron chi connectivity index (χ1n) is 11.2. The van der Waals surface area contributed by atoms with Crippen molar-refractivity contribution in [1.82, 2.24) is 19.4 Å². The van der Waals surface area contributed by atoms with Crippen molar-refractivity contribution < 1.29 is 8.78 Å². The molecule has 1 fully saturated rings. The van der Waals surface area contributed by atoms with Gasteiger partial charge in [-0.2, -0.15) is 0 Å². The van der Waals surface area contributed by atoms with Crippen LogP contribution in [0.4, 0.5) is 8.78 Å². The second-order valence-electron chi connectivity index (χ2n) is 8.86. The normalized spacial score (nSPS) is 16.0. The molecule has 162 valence electrons. The molecule has 0 spiro atoms. The van der Waals surface area contributed by atoms with E-state index in [2.05, 4.69) is 44.8 Å². The van der Waals surface area contributed by atoms with Crippen molar-refractivity contribution in [1.29, 1.82) is 0 Å². The maximum atomic E-state index is 13.6. The molecule has 31 heavy (non-hydrogen) atoms. The van der Waals surface area contributed by atoms with Crippen LogP contribution in [0.2, 0.25) is 0 Å². The lowest BCUT2D eigenvalue weighted by atomic mass is 9.92. The Morgan fingerprint density at radius 2 is 1.87 bits per heavy atom. The molecular formula is C25H28F2N4. The number of fused-ring (bicyclic) bond motifs is 2. The van der Waals surface area contributed by atoms with Gasteiger partial charge >= 0.3 is 0 Å². The fourth-order valence-corrected chi connectivity index (χ4v) is 4.82. The predicted octanol–water partition coefficient (Wildman–Crippen LogP) is 5.97. The van der Waals surface area contributed by atoms with Gasteiger partial charge in [0.25, 0.3) is 0 Å². The highest BCUT2D eigenvalue weighted by Gasteiger charge is 2.16. The summed E-state index contributed by atoms with van der Waals surface area (Å²) in [5.74, 6) is -0.236. The average Bonchev–Trinajstić information content (AvgIpc) is 3.36. The summed E-state index contributed by atoms with van der Waals surface area (Å²) in [6.07, 6.45) is 8.54. The van der Waals surface area contributed by atoms with Gasteiger partial charge in [-0.3, -0.25) is 0 Å². The number of halogens is 2. The van der Waals surface area contributed by atoms with E-state index < -0.39 is 11.6 Å². The van der Waals surface area contributed by atoms with Crippen molar-refractivity contribution in [2.75, 3.05) is 20.1 Å². The Bertz CT molecular complexity index is 1160. The Balaban J connectivity index is 1.31. The third-order valence-corrected chi connectivity index (χ3v) is 6.69. The second kappa shape index (κ2) is 8.42. The summed E-state index contributed by atoms with van der Waals surface area (Å²) >= 11 is 0. The van der Waals surface area contributed by atoms with E-state index in [1.54, 1.807) is 0 Å². The first kappa shape index (κ1) is 20.2. The molecule has 0 radical (unpaired) electrons. The van der Waals surface area contributed by atoms with Gasteiger partial charge in [0.1, 0.15) is 5.82 Å². The smallest absolute Gasteiger partial charge is 0.161 e. The van der Waals surface area contributed by atoms with E-state index in [0.717, 1.165) is 41.1 Å². The number of aromatic nitrogens is 3. The SMILES string of the molecule is CN1CCC(CCCCn2ccc3c(-c4nc5cc(F)c(F)cc5[nH]4)cccc32)CC1. The Morgan fingerprint density at radius 1 is 1.06 bits per heavy atom. The molecule has 1 saturated heterocycles. The van der Waals surface area contributed by atoms with E-state index in [4.69, 9.17) is 0 Å². The minimum atomic E-state index is -0.879. The molecule has 0 amide bonds. The second-order valence-corrected chi connectivity index (χ2v) is 8.86. The number of aryl methyl sites for hydroxylation is 1. The first-order valence-corrected chi connectivity index (χ1v) is 11.2. The van der Waals surface area contributed by atoms with Crippen LogP contribution in [0.25, 0.3) is 33.3 Å². The van der Waals surface area contributed by atoms with Crippen LogP contribution in [0.1, 0.15) is 32.1 Å². The number of aromatic amines is 1. The van der Waals surface area contributed by atoms with Crippen molar-refractivity contribution in [2.45, 2.75) is 38.6 Å². The summed E-state index contributed by atoms with van der Waals surface area (Å²) in [6.45, 7) is 3.46. The minimum Gasteiger partial charge on any atom is -0.347 e. The molecule has 5 rings (SSSR count). The van der Waals surface area contributed by atoms with E-state index in [0.29, 0.717) is 16.9 Å². The van der Waals surface area contributed by atoms with Crippen LogP contribution in [0.3, 0.4) is 0 Å². The van der Waals surface area contributed by atoms with Crippen molar-refractivity contribution in [3.63, 3.8) is 0 Å². The number of nitrogens with zero attached hydrogens (tertiary/aromatic N) is 3. The first-order chi connectivity index (χ1) is 15.1. The van der Waals surface area contributed by atoms with Gasteiger partial charge in [-0.25, -0.2) is 13.8 Å². The predicted molar refractivity (Wildman–Crippen MR) is 121 cm³/mol. The highest BCUT2D eigenvalue weighted by atomic mass is 19.2. The molecule has 2 aromatic carbocycles. The van der Waals surface area contributed by atoms with E-state index in [-0.39, 0.29) is 0 Å². The number of piperidine rings is 1. The summed E-state index contributed by atoms with van der Waals surface area (Å²) in [5, 5.41) is 1.10. The third kappa shape index (κ3) is 4.09. The van der Waals surface area contributed by atoms with Crippen molar-refractivity contribution in [2.24, 2.45) is 5.92 Å². The van der Waals surface area contributed by atoms with Crippen molar-refractivity contribution in [3.05, 3.63) is 54.2 Å². The van der Waals surface area contributed by atoms with Crippen LogP contribution in [-0.2, 0) is 6.54 Å². The Kier molecular flexibility index (Phi) is 5.48. The van der Waals surface area contributed by atoms with Gasteiger partial charge in [-0.1, -0.05) is 25.0 Å². The number of imidazole rings is 1. The summed E-state index contributed by atoms with van der Waals surface area (Å²) in [5.41, 5.74) is 3.03. The fourth-order valence-electron chi connectivity index (χ4n) is 4.82. The van der Waals surface area contributed by atoms with Crippen LogP contribution in [0, 0.1) is 17.6 Å². The summed E-state index contributed by atoms with van der Waals surface area (Å²) in [4.78, 5) is 10.1. The summed E-state index contributed by atoms with van der Waals surface area (Å²) in [7, 11) is 2.21. The Morgan fingerprint density at radius 3 is 2.71 bits per heavy atom. The lowest BCUT2D eigenvalue weighted by Gasteiger charge is -2.28. The zero-order valence-electron chi connectivity index (χ0n) is 17.9. The summed E-state index contributed by atoms with van der Waals surface area (Å²) < 4.78 is 29.4. The lowest BCUT2D eigenvalue weighted by molar-refractivity contribution is 0.209. The van der Waals surface area contributed by atoms with Crippen LogP contribution < -0.4 is 0 Å². The van der Waals surface area contributed by atoms with Gasteiger partial charge in [0.05, 0.1) is 11.0 Å². The van der Waals surface area contributed by atoms with Gasteiger partial charge in [0.15, 0.2) is 11.6 Å². The highest BCUT2D eigenvalue weighted by molar-refractivity contribution is 5.95. The number of likely N-dealkylation sites (tertiary alicyclic amines) is 1. The number of benzene rings is 2. The van der Waals surface area contributed by atoms with Crippen LogP contribution in [0.5, 0.6) is 0 Å². The molecule has 0 aliphatic carbocycles. The van der Waals surface area contributed by atoms with E-state index in [1.165, 1.54) is 45.2 Å². The topological polar surface area (TPSA) is 36.9 Å². The molecule has 0 atom stereocenters. The largest absolute Gasteiger partial charge is 0.347 e. The number of hydrogen-bond acceptors (Lipinski definition) is 2. The average molecular weight is 423 g/mol. The van der Waals surface area contributed by atoms with Gasteiger partial charge in [0.2, 0.25) is 0 Å². The minimum absolute atomic E-state index is 0.430. The van der Waals surface area contributed by atoms with Crippen LogP contribution in [0.15, 0.2) is 42.6 Å². The lowest BCUT2D eigenvalue weighted by Crippen LogP contribution is -2.30. The number of nitrogens with one attached hydrogen (secondary N) is 1. The van der Waals surface area contributed by atoms with Crippen LogP contribution in [-0.4, -0.2) is 39.6 Å². The molecular weight excluding hydrogens is 394 g/mol. The molecule has 0 saturated carbocycles. The maximum absolute atomic E-state index is 13.6. The van der Waals surface area contributed by atoms with Gasteiger partial charge in [0, 0.05) is 41.3 Å². The molecule has 2 aromatic heterocycles. The van der Waals surface area contributed by atoms with Gasteiger partial charge < -0.3 is 14.5 Å². The van der Waals surface area contributed by atoms with Crippen molar-refractivity contribution in [3.8, 4) is 11.4 Å². The zero-order valence-corrected chi connectivity index (χ0v) is 17.9. The Hall–Kier alpha value is -2.73. The van der Waals surface area contributed by atoms with E-state index >= 15 is 0 Å². The number of hydrogen-bond donors (Lipinski definition) is 1. The van der Waals surface area contributed by atoms with E-state index in [9.17, 15) is 8.78 Å². The number of rotatable bonds is 6. The van der Waals surface area contributed by atoms with E-state index in [1.807, 2.05) is 12.1 Å². The molecule has 1 aliphatic rings. The number of unbranched alkanes of at least 4 members (excludes halogenated alkanes) is 1. The van der Waals surface area contributed by atoms with Crippen LogP contribution >= 0.6 is 0 Å². The Labute approximate surface area is 180 Å². The van der Waals surface area contributed by atoms with Crippen molar-refractivity contribution >= 4 is 21.9 Å². The molecule has 0 unspecified atom stereocenters. The molecule has 4 nitrogen and oxygen atoms in total. The fraction of sp³-hybridized carbons (Fsp3) is 0.400. The quantitative estimate of drug-likeness (QED) is 0.388. The third-order valence-electron chi connectivity index (χ3n) is 6.69. The standard InChI is InChI=1S/C25H28F2N4/c1-30-12-8-17(9-13-30)5-2-3-11-31-14-10-18-19(6-4-7-24(18)31)25-28-22-15-20(26)21(27)16-23(22)29-25/h4,6-7,10,14-17H,2-3,5,8-9,11-13H2,1H3,(H,28,29). The monoisotopic (exact) mass is 422 g/mol. The molecule has 3 heterocycles.